The highest BCUT2D eigenvalue weighted by Gasteiger charge is 2.16. The fourth-order valence-corrected chi connectivity index (χ4v) is 4.36. The fraction of sp³-hybridized carbons (Fsp3) is 0.478. The molecule has 1 saturated heterocycles. The molecule has 1 N–H and O–H groups in total. The summed E-state index contributed by atoms with van der Waals surface area (Å²) in [6.07, 6.45) is 3.12. The largest absolute Gasteiger partial charge is 0.493 e. The van der Waals surface area contributed by atoms with Crippen LogP contribution in [0.2, 0.25) is 0 Å². The van der Waals surface area contributed by atoms with Crippen LogP contribution in [0.25, 0.3) is 0 Å². The lowest BCUT2D eigenvalue weighted by Gasteiger charge is -2.34. The molecule has 0 amide bonds. The molecule has 3 rings (SSSR count). The van der Waals surface area contributed by atoms with E-state index < -0.39 is 10.0 Å². The lowest BCUT2D eigenvalue weighted by molar-refractivity contribution is 0.134. The van der Waals surface area contributed by atoms with Crippen LogP contribution in [-0.2, 0) is 22.9 Å². The number of hydrogen-bond donors (Lipinski definition) is 1. The minimum atomic E-state index is -3.23. The number of piperazine rings is 1. The third-order valence-corrected chi connectivity index (χ3v) is 6.21. The SMILES string of the molecule is COc1ccc(CCN2CCN(CCc3ccc(NS(C)(=O)=O)cc3)CC2)cc1OC. The van der Waals surface area contributed by atoms with Gasteiger partial charge in [-0.25, -0.2) is 8.42 Å². The van der Waals surface area contributed by atoms with Gasteiger partial charge in [0.15, 0.2) is 11.5 Å². The van der Waals surface area contributed by atoms with E-state index in [-0.39, 0.29) is 0 Å². The molecule has 7 nitrogen and oxygen atoms in total. The number of rotatable bonds is 10. The van der Waals surface area contributed by atoms with E-state index in [1.54, 1.807) is 14.2 Å². The molecule has 2 aromatic rings. The van der Waals surface area contributed by atoms with Gasteiger partial charge in [-0.15, -0.1) is 0 Å². The van der Waals surface area contributed by atoms with E-state index in [2.05, 4.69) is 26.7 Å². The number of nitrogens with zero attached hydrogens (tertiary/aromatic N) is 2. The van der Waals surface area contributed by atoms with E-state index in [1.165, 1.54) is 11.1 Å². The molecular formula is C23H33N3O4S. The first kappa shape index (κ1) is 23.4. The van der Waals surface area contributed by atoms with Gasteiger partial charge in [0.25, 0.3) is 0 Å². The summed E-state index contributed by atoms with van der Waals surface area (Å²) in [5.74, 6) is 1.55. The molecule has 2 aromatic carbocycles. The van der Waals surface area contributed by atoms with Crippen LogP contribution in [0.3, 0.4) is 0 Å². The van der Waals surface area contributed by atoms with Crippen molar-refractivity contribution in [3.8, 4) is 11.5 Å². The van der Waals surface area contributed by atoms with Gasteiger partial charge < -0.3 is 19.3 Å². The van der Waals surface area contributed by atoms with E-state index in [0.29, 0.717) is 5.69 Å². The van der Waals surface area contributed by atoms with Crippen LogP contribution < -0.4 is 14.2 Å². The van der Waals surface area contributed by atoms with Crippen LogP contribution in [0.4, 0.5) is 5.69 Å². The minimum absolute atomic E-state index is 0.606. The van der Waals surface area contributed by atoms with Gasteiger partial charge in [0.05, 0.1) is 20.5 Å². The first-order chi connectivity index (χ1) is 14.9. The standard InChI is InChI=1S/C23H33N3O4S/c1-29-22-9-6-20(18-23(22)30-2)11-13-26-16-14-25(15-17-26)12-10-19-4-7-21(8-5-19)24-31(3,27)28/h4-9,18,24H,10-17H2,1-3H3. The zero-order valence-electron chi connectivity index (χ0n) is 18.6. The minimum Gasteiger partial charge on any atom is -0.493 e. The number of nitrogens with one attached hydrogen (secondary N) is 1. The third kappa shape index (κ3) is 7.41. The molecule has 8 heteroatoms. The normalized spacial score (nSPS) is 15.6. The van der Waals surface area contributed by atoms with Crippen molar-refractivity contribution in [3.63, 3.8) is 0 Å². The molecule has 0 spiro atoms. The number of benzene rings is 2. The summed E-state index contributed by atoms with van der Waals surface area (Å²) in [4.78, 5) is 5.01. The Morgan fingerprint density at radius 3 is 1.84 bits per heavy atom. The van der Waals surface area contributed by atoms with Gasteiger partial charge in [0.1, 0.15) is 0 Å². The summed E-state index contributed by atoms with van der Waals surface area (Å²) < 4.78 is 35.8. The molecule has 0 bridgehead atoms. The van der Waals surface area contributed by atoms with Crippen molar-refractivity contribution >= 4 is 15.7 Å². The van der Waals surface area contributed by atoms with E-state index >= 15 is 0 Å². The molecule has 170 valence electrons. The molecule has 0 atom stereocenters. The van der Waals surface area contributed by atoms with E-state index in [0.717, 1.165) is 69.9 Å². The van der Waals surface area contributed by atoms with Crippen LogP contribution in [-0.4, -0.2) is 78.0 Å². The van der Waals surface area contributed by atoms with E-state index in [1.807, 2.05) is 30.3 Å². The van der Waals surface area contributed by atoms with Crippen LogP contribution in [0.15, 0.2) is 42.5 Å². The van der Waals surface area contributed by atoms with Gasteiger partial charge in [0, 0.05) is 45.0 Å². The Bertz CT molecular complexity index is 940. The maximum absolute atomic E-state index is 11.3. The highest BCUT2D eigenvalue weighted by molar-refractivity contribution is 7.92. The molecule has 0 saturated carbocycles. The molecular weight excluding hydrogens is 414 g/mol. The van der Waals surface area contributed by atoms with Crippen LogP contribution in [0.5, 0.6) is 11.5 Å². The van der Waals surface area contributed by atoms with E-state index in [9.17, 15) is 8.42 Å². The average Bonchev–Trinajstić information content (AvgIpc) is 2.76. The number of anilines is 1. The summed E-state index contributed by atoms with van der Waals surface area (Å²) in [5, 5.41) is 0. The molecule has 0 aliphatic carbocycles. The Morgan fingerprint density at radius 2 is 1.32 bits per heavy atom. The predicted octanol–water partition coefficient (Wildman–Crippen LogP) is 2.48. The molecule has 0 radical (unpaired) electrons. The summed E-state index contributed by atoms with van der Waals surface area (Å²) in [5.41, 5.74) is 3.08. The average molecular weight is 448 g/mol. The molecule has 31 heavy (non-hydrogen) atoms. The predicted molar refractivity (Wildman–Crippen MR) is 125 cm³/mol. The van der Waals surface area contributed by atoms with Gasteiger partial charge in [-0.2, -0.15) is 0 Å². The first-order valence-corrected chi connectivity index (χ1v) is 12.5. The molecule has 1 fully saturated rings. The van der Waals surface area contributed by atoms with Crippen molar-refractivity contribution in [1.29, 1.82) is 0 Å². The zero-order valence-corrected chi connectivity index (χ0v) is 19.5. The number of sulfonamides is 1. The molecule has 0 aromatic heterocycles. The maximum Gasteiger partial charge on any atom is 0.229 e. The van der Waals surface area contributed by atoms with Crippen molar-refractivity contribution < 1.29 is 17.9 Å². The van der Waals surface area contributed by atoms with E-state index in [4.69, 9.17) is 9.47 Å². The summed E-state index contributed by atoms with van der Waals surface area (Å²) in [7, 11) is 0.0946. The molecule has 1 aliphatic heterocycles. The van der Waals surface area contributed by atoms with Gasteiger partial charge in [-0.1, -0.05) is 18.2 Å². The summed E-state index contributed by atoms with van der Waals surface area (Å²) >= 11 is 0. The number of methoxy groups -OCH3 is 2. The lowest BCUT2D eigenvalue weighted by atomic mass is 10.1. The number of ether oxygens (including phenoxy) is 2. The molecule has 1 heterocycles. The van der Waals surface area contributed by atoms with Crippen LogP contribution in [0.1, 0.15) is 11.1 Å². The van der Waals surface area contributed by atoms with Crippen molar-refractivity contribution in [1.82, 2.24) is 9.80 Å². The second kappa shape index (κ2) is 10.8. The second-order valence-electron chi connectivity index (χ2n) is 7.94. The topological polar surface area (TPSA) is 71.1 Å². The molecule has 1 aliphatic rings. The zero-order chi connectivity index (χ0) is 22.3. The monoisotopic (exact) mass is 447 g/mol. The van der Waals surface area contributed by atoms with Crippen molar-refractivity contribution in [2.24, 2.45) is 0 Å². The first-order valence-electron chi connectivity index (χ1n) is 10.6. The summed E-state index contributed by atoms with van der Waals surface area (Å²) in [6.45, 7) is 6.34. The Balaban J connectivity index is 1.39. The van der Waals surface area contributed by atoms with Gasteiger partial charge in [0.2, 0.25) is 10.0 Å². The Hall–Kier alpha value is -2.29. The van der Waals surface area contributed by atoms with Crippen molar-refractivity contribution in [3.05, 3.63) is 53.6 Å². The van der Waals surface area contributed by atoms with Crippen LogP contribution >= 0.6 is 0 Å². The third-order valence-electron chi connectivity index (χ3n) is 5.60. The summed E-state index contributed by atoms with van der Waals surface area (Å²) in [6, 6.07) is 13.8. The van der Waals surface area contributed by atoms with Gasteiger partial charge >= 0.3 is 0 Å². The number of hydrogen-bond acceptors (Lipinski definition) is 6. The highest BCUT2D eigenvalue weighted by atomic mass is 32.2. The van der Waals surface area contributed by atoms with Gasteiger partial charge in [-0.05, 0) is 48.2 Å². The Morgan fingerprint density at radius 1 is 0.806 bits per heavy atom. The van der Waals surface area contributed by atoms with Crippen molar-refractivity contribution in [2.75, 3.05) is 64.5 Å². The highest BCUT2D eigenvalue weighted by Crippen LogP contribution is 2.27. The van der Waals surface area contributed by atoms with Crippen molar-refractivity contribution in [2.45, 2.75) is 12.8 Å². The van der Waals surface area contributed by atoms with Gasteiger partial charge in [-0.3, -0.25) is 4.72 Å². The maximum atomic E-state index is 11.3. The smallest absolute Gasteiger partial charge is 0.229 e. The Labute approximate surface area is 186 Å². The quantitative estimate of drug-likeness (QED) is 0.603. The fourth-order valence-electron chi connectivity index (χ4n) is 3.80. The second-order valence-corrected chi connectivity index (χ2v) is 9.69. The lowest BCUT2D eigenvalue weighted by Crippen LogP contribution is -2.47. The van der Waals surface area contributed by atoms with Crippen LogP contribution in [0, 0.1) is 0 Å². The Kier molecular flexibility index (Phi) is 8.17. The molecule has 0 unspecified atom stereocenters.